The van der Waals surface area contributed by atoms with Crippen LogP contribution in [0.25, 0.3) is 5.69 Å². The van der Waals surface area contributed by atoms with Crippen molar-refractivity contribution in [3.8, 4) is 5.69 Å². The Morgan fingerprint density at radius 2 is 1.76 bits per heavy atom. The quantitative estimate of drug-likeness (QED) is 0.349. The van der Waals surface area contributed by atoms with Crippen LogP contribution in [0.15, 0.2) is 73.2 Å². The van der Waals surface area contributed by atoms with E-state index in [1.54, 1.807) is 0 Å². The highest BCUT2D eigenvalue weighted by atomic mass is 35.5. The molecule has 172 valence electrons. The zero-order chi connectivity index (χ0) is 23.8. The first-order valence-corrected chi connectivity index (χ1v) is 12.1. The van der Waals surface area contributed by atoms with Gasteiger partial charge in [0.25, 0.3) is 0 Å². The molecule has 0 saturated carbocycles. The number of thiocarbonyl (C=S) groups is 1. The molecular formula is C27H26ClN5S. The fraction of sp³-hybridized carbons (Fsp3) is 0.222. The molecule has 1 aromatic carbocycles. The van der Waals surface area contributed by atoms with E-state index in [2.05, 4.69) is 57.7 Å². The maximum absolute atomic E-state index is 6.35. The molecule has 1 aliphatic heterocycles. The number of rotatable bonds is 5. The molecule has 4 aromatic rings. The Morgan fingerprint density at radius 3 is 2.47 bits per heavy atom. The summed E-state index contributed by atoms with van der Waals surface area (Å²) in [5.74, 6) is 0. The van der Waals surface area contributed by atoms with E-state index in [1.165, 1.54) is 22.5 Å². The summed E-state index contributed by atoms with van der Waals surface area (Å²) in [6.45, 7) is 7.22. The summed E-state index contributed by atoms with van der Waals surface area (Å²) in [7, 11) is 0. The van der Waals surface area contributed by atoms with Gasteiger partial charge in [-0.3, -0.25) is 9.97 Å². The summed E-state index contributed by atoms with van der Waals surface area (Å²) in [5, 5.41) is 5.02. The Morgan fingerprint density at radius 1 is 0.971 bits per heavy atom. The molecule has 4 heterocycles. The summed E-state index contributed by atoms with van der Waals surface area (Å²) in [6.07, 6.45) is 5.48. The first-order chi connectivity index (χ1) is 16.5. The summed E-state index contributed by atoms with van der Waals surface area (Å²) < 4.78 is 2.29. The van der Waals surface area contributed by atoms with Gasteiger partial charge in [0.15, 0.2) is 5.11 Å². The van der Waals surface area contributed by atoms with Gasteiger partial charge in [0.2, 0.25) is 0 Å². The Kier molecular flexibility index (Phi) is 6.11. The van der Waals surface area contributed by atoms with Crippen LogP contribution < -0.4 is 5.32 Å². The lowest BCUT2D eigenvalue weighted by molar-refractivity contribution is 0.309. The number of benzene rings is 1. The molecule has 1 N–H and O–H groups in total. The second-order valence-electron chi connectivity index (χ2n) is 8.63. The summed E-state index contributed by atoms with van der Waals surface area (Å²) in [6, 6.07) is 18.0. The predicted molar refractivity (Wildman–Crippen MR) is 140 cm³/mol. The van der Waals surface area contributed by atoms with Crippen molar-refractivity contribution in [1.82, 2.24) is 24.8 Å². The second kappa shape index (κ2) is 9.20. The SMILES string of the molecule is Cc1c(C2C(c3ccccn3)NC(=S)N2Cc2ccncc2)c(C)n(-c2cccc(Cl)c2)c1C. The summed E-state index contributed by atoms with van der Waals surface area (Å²) >= 11 is 12.2. The van der Waals surface area contributed by atoms with E-state index in [4.69, 9.17) is 23.8 Å². The third-order valence-corrected chi connectivity index (χ3v) is 7.26. The maximum atomic E-state index is 6.35. The van der Waals surface area contributed by atoms with E-state index in [0.717, 1.165) is 27.1 Å². The lowest BCUT2D eigenvalue weighted by atomic mass is 9.93. The van der Waals surface area contributed by atoms with Gasteiger partial charge in [0.05, 0.1) is 17.8 Å². The Bertz CT molecular complexity index is 1340. The van der Waals surface area contributed by atoms with Crippen molar-refractivity contribution in [2.24, 2.45) is 0 Å². The van der Waals surface area contributed by atoms with Crippen LogP contribution in [0.1, 0.15) is 45.9 Å². The Labute approximate surface area is 210 Å². The largest absolute Gasteiger partial charge is 0.352 e. The fourth-order valence-electron chi connectivity index (χ4n) is 5.02. The zero-order valence-corrected chi connectivity index (χ0v) is 20.9. The topological polar surface area (TPSA) is 46.0 Å². The molecule has 1 saturated heterocycles. The van der Waals surface area contributed by atoms with Crippen molar-refractivity contribution in [1.29, 1.82) is 0 Å². The van der Waals surface area contributed by atoms with E-state index in [0.29, 0.717) is 6.54 Å². The average molecular weight is 488 g/mol. The molecule has 1 fully saturated rings. The minimum Gasteiger partial charge on any atom is -0.352 e. The number of hydrogen-bond donors (Lipinski definition) is 1. The highest BCUT2D eigenvalue weighted by molar-refractivity contribution is 7.80. The van der Waals surface area contributed by atoms with E-state index in [9.17, 15) is 0 Å². The number of nitrogens with one attached hydrogen (secondary N) is 1. The first-order valence-electron chi connectivity index (χ1n) is 11.3. The van der Waals surface area contributed by atoms with E-state index in [-0.39, 0.29) is 12.1 Å². The highest BCUT2D eigenvalue weighted by Crippen LogP contribution is 2.44. The van der Waals surface area contributed by atoms with Crippen LogP contribution in [0, 0.1) is 20.8 Å². The van der Waals surface area contributed by atoms with Crippen molar-refractivity contribution < 1.29 is 0 Å². The van der Waals surface area contributed by atoms with Gasteiger partial charge in [-0.25, -0.2) is 0 Å². The Hall–Kier alpha value is -3.22. The molecule has 0 radical (unpaired) electrons. The minimum absolute atomic E-state index is 0.0188. The van der Waals surface area contributed by atoms with Gasteiger partial charge in [0, 0.05) is 52.8 Å². The monoisotopic (exact) mass is 487 g/mol. The van der Waals surface area contributed by atoms with E-state index < -0.39 is 0 Å². The zero-order valence-electron chi connectivity index (χ0n) is 19.4. The normalized spacial score (nSPS) is 17.8. The molecular weight excluding hydrogens is 462 g/mol. The first kappa shape index (κ1) is 22.6. The summed E-state index contributed by atoms with van der Waals surface area (Å²) in [4.78, 5) is 11.1. The van der Waals surface area contributed by atoms with Crippen LogP contribution in [-0.2, 0) is 6.54 Å². The number of pyridine rings is 2. The molecule has 0 spiro atoms. The van der Waals surface area contributed by atoms with E-state index >= 15 is 0 Å². The van der Waals surface area contributed by atoms with E-state index in [1.807, 2.05) is 61.1 Å². The molecule has 7 heteroatoms. The molecule has 5 nitrogen and oxygen atoms in total. The molecule has 0 bridgehead atoms. The lowest BCUT2D eigenvalue weighted by Crippen LogP contribution is -2.29. The number of aromatic nitrogens is 3. The van der Waals surface area contributed by atoms with Crippen LogP contribution in [-0.4, -0.2) is 24.5 Å². The van der Waals surface area contributed by atoms with Gasteiger partial charge in [-0.2, -0.15) is 0 Å². The van der Waals surface area contributed by atoms with Crippen LogP contribution in [0.2, 0.25) is 5.02 Å². The second-order valence-corrected chi connectivity index (χ2v) is 9.46. The lowest BCUT2D eigenvalue weighted by Gasteiger charge is -2.29. The van der Waals surface area contributed by atoms with Gasteiger partial charge in [-0.1, -0.05) is 23.7 Å². The number of hydrogen-bond acceptors (Lipinski definition) is 3. The minimum atomic E-state index is -0.0671. The van der Waals surface area contributed by atoms with Gasteiger partial charge >= 0.3 is 0 Å². The fourth-order valence-corrected chi connectivity index (χ4v) is 5.51. The third-order valence-electron chi connectivity index (χ3n) is 6.67. The van der Waals surface area contributed by atoms with Crippen molar-refractivity contribution in [2.75, 3.05) is 0 Å². The van der Waals surface area contributed by atoms with Gasteiger partial charge in [-0.15, -0.1) is 0 Å². The number of nitrogens with zero attached hydrogens (tertiary/aromatic N) is 4. The molecule has 0 aliphatic carbocycles. The van der Waals surface area contributed by atoms with Crippen molar-refractivity contribution in [3.63, 3.8) is 0 Å². The van der Waals surface area contributed by atoms with Crippen molar-refractivity contribution in [2.45, 2.75) is 39.4 Å². The van der Waals surface area contributed by atoms with Gasteiger partial charge < -0.3 is 14.8 Å². The standard InChI is InChI=1S/C27H26ClN5S/c1-17-18(2)33(22-8-6-7-21(28)15-22)19(3)24(17)26-25(23-9-4-5-12-30-23)31-27(34)32(26)16-20-10-13-29-14-11-20/h4-15,25-26H,16H2,1-3H3,(H,31,34). The molecule has 2 unspecified atom stereocenters. The molecule has 5 rings (SSSR count). The Balaban J connectivity index is 1.67. The average Bonchev–Trinajstić information content (AvgIpc) is 3.27. The van der Waals surface area contributed by atoms with Crippen molar-refractivity contribution >= 4 is 28.9 Å². The van der Waals surface area contributed by atoms with Crippen LogP contribution in [0.5, 0.6) is 0 Å². The van der Waals surface area contributed by atoms with Crippen LogP contribution >= 0.6 is 23.8 Å². The molecule has 1 aliphatic rings. The van der Waals surface area contributed by atoms with Crippen LogP contribution in [0.3, 0.4) is 0 Å². The van der Waals surface area contributed by atoms with Crippen LogP contribution in [0.4, 0.5) is 0 Å². The van der Waals surface area contributed by atoms with Gasteiger partial charge in [-0.05, 0) is 86.6 Å². The molecule has 0 amide bonds. The smallest absolute Gasteiger partial charge is 0.170 e. The molecule has 3 aromatic heterocycles. The van der Waals surface area contributed by atoms with Crippen molar-refractivity contribution in [3.05, 3.63) is 112 Å². The maximum Gasteiger partial charge on any atom is 0.170 e. The predicted octanol–water partition coefficient (Wildman–Crippen LogP) is 6.02. The highest BCUT2D eigenvalue weighted by Gasteiger charge is 2.42. The third kappa shape index (κ3) is 3.97. The van der Waals surface area contributed by atoms with Gasteiger partial charge in [0.1, 0.15) is 0 Å². The molecule has 34 heavy (non-hydrogen) atoms. The number of halogens is 1. The molecule has 2 atom stereocenters. The summed E-state index contributed by atoms with van der Waals surface area (Å²) in [5.41, 5.74) is 8.06.